The van der Waals surface area contributed by atoms with E-state index in [2.05, 4.69) is 22.2 Å². The van der Waals surface area contributed by atoms with Gasteiger partial charge in [-0.3, -0.25) is 4.79 Å². The van der Waals surface area contributed by atoms with Crippen LogP contribution in [-0.2, 0) is 10.2 Å². The number of aromatic carboxylic acids is 1. The third-order valence-corrected chi connectivity index (χ3v) is 6.98. The lowest BCUT2D eigenvalue weighted by Gasteiger charge is -2.34. The molecule has 2 aromatic rings. The number of carboxylic acid groups (broad SMARTS) is 1. The number of fused-ring (bicyclic) bond motifs is 1. The number of carbonyl (C=O) groups excluding carboxylic acids is 1. The van der Waals surface area contributed by atoms with Gasteiger partial charge in [0, 0.05) is 43.5 Å². The summed E-state index contributed by atoms with van der Waals surface area (Å²) >= 11 is 6.40. The predicted octanol–water partition coefficient (Wildman–Crippen LogP) is 3.45. The highest BCUT2D eigenvalue weighted by molar-refractivity contribution is 6.32. The Morgan fingerprint density at radius 2 is 1.94 bits per heavy atom. The number of amides is 1. The van der Waals surface area contributed by atoms with Crippen molar-refractivity contribution in [2.24, 2.45) is 0 Å². The molecule has 1 atom stereocenters. The van der Waals surface area contributed by atoms with Crippen molar-refractivity contribution in [3.05, 3.63) is 57.9 Å². The Balaban J connectivity index is 1.76. The summed E-state index contributed by atoms with van der Waals surface area (Å²) < 4.78 is 20.5. The number of rotatable bonds is 7. The Morgan fingerprint density at radius 3 is 2.61 bits per heavy atom. The molecule has 1 amide bonds. The molecule has 2 heterocycles. The molecule has 2 aromatic carbocycles. The van der Waals surface area contributed by atoms with Crippen molar-refractivity contribution in [2.45, 2.75) is 18.3 Å². The fourth-order valence-electron chi connectivity index (χ4n) is 4.79. The van der Waals surface area contributed by atoms with Crippen LogP contribution in [-0.4, -0.2) is 73.7 Å². The van der Waals surface area contributed by atoms with Gasteiger partial charge in [-0.15, -0.1) is 0 Å². The topological polar surface area (TPSA) is 82.1 Å². The van der Waals surface area contributed by atoms with Crippen LogP contribution < -0.4 is 10.1 Å². The number of hydrogen-bond acceptors (Lipinski definition) is 5. The lowest BCUT2D eigenvalue weighted by atomic mass is 9.71. The first-order chi connectivity index (χ1) is 15.8. The van der Waals surface area contributed by atoms with E-state index in [1.165, 1.54) is 19.2 Å². The zero-order valence-corrected chi connectivity index (χ0v) is 19.4. The van der Waals surface area contributed by atoms with Crippen LogP contribution in [0.25, 0.3) is 0 Å². The molecule has 2 aliphatic heterocycles. The molecule has 2 aliphatic rings. The summed E-state index contributed by atoms with van der Waals surface area (Å²) in [5, 5.41) is 12.6. The molecule has 0 saturated carbocycles. The second-order valence-electron chi connectivity index (χ2n) is 8.64. The maximum atomic E-state index is 15.2. The van der Waals surface area contributed by atoms with Gasteiger partial charge in [-0.1, -0.05) is 11.6 Å². The molecule has 1 saturated heterocycles. The number of methoxy groups -OCH3 is 1. The first kappa shape index (κ1) is 23.5. The lowest BCUT2D eigenvalue weighted by Crippen LogP contribution is -2.45. The average molecular weight is 476 g/mol. The Bertz CT molecular complexity index is 1090. The lowest BCUT2D eigenvalue weighted by molar-refractivity contribution is -0.119. The minimum absolute atomic E-state index is 0.0401. The van der Waals surface area contributed by atoms with E-state index >= 15 is 4.39 Å². The highest BCUT2D eigenvalue weighted by Crippen LogP contribution is 2.49. The molecule has 1 unspecified atom stereocenters. The molecule has 7 nitrogen and oxygen atoms in total. The number of likely N-dealkylation sites (N-methyl/N-ethyl adjacent to an activating group) is 1. The number of halogens is 2. The Labute approximate surface area is 197 Å². The first-order valence-electron chi connectivity index (χ1n) is 10.9. The number of carboxylic acids is 1. The molecular formula is C24H27ClFN3O4. The van der Waals surface area contributed by atoms with Crippen LogP contribution in [0.3, 0.4) is 0 Å². The summed E-state index contributed by atoms with van der Waals surface area (Å²) in [7, 11) is 3.56. The van der Waals surface area contributed by atoms with Gasteiger partial charge in [-0.05, 0) is 56.3 Å². The number of nitrogens with zero attached hydrogens (tertiary/aromatic N) is 2. The van der Waals surface area contributed by atoms with Crippen LogP contribution in [0.1, 0.15) is 34.3 Å². The SMILES string of the molecule is COc1cc2c(cc1Cl)C(CCCN1CCN(C)CC1)(c1cc(C(=O)O)ccc1F)C(=O)N2. The Morgan fingerprint density at radius 1 is 1.21 bits per heavy atom. The molecule has 2 N–H and O–H groups in total. The zero-order valence-electron chi connectivity index (χ0n) is 18.7. The van der Waals surface area contributed by atoms with Crippen LogP contribution in [0.5, 0.6) is 5.75 Å². The van der Waals surface area contributed by atoms with E-state index in [1.807, 2.05) is 0 Å². The summed E-state index contributed by atoms with van der Waals surface area (Å²) in [5.41, 5.74) is -0.420. The monoisotopic (exact) mass is 475 g/mol. The molecule has 0 bridgehead atoms. The second kappa shape index (κ2) is 9.29. The fourth-order valence-corrected chi connectivity index (χ4v) is 5.03. The normalized spacial score (nSPS) is 21.0. The van der Waals surface area contributed by atoms with Gasteiger partial charge in [0.2, 0.25) is 5.91 Å². The molecule has 4 rings (SSSR count). The second-order valence-corrected chi connectivity index (χ2v) is 9.05. The minimum Gasteiger partial charge on any atom is -0.495 e. The van der Waals surface area contributed by atoms with Gasteiger partial charge < -0.3 is 25.0 Å². The third kappa shape index (κ3) is 4.30. The first-order valence-corrected chi connectivity index (χ1v) is 11.3. The van der Waals surface area contributed by atoms with Crippen molar-refractivity contribution >= 4 is 29.2 Å². The fraction of sp³-hybridized carbons (Fsp3) is 0.417. The number of anilines is 1. The van der Waals surface area contributed by atoms with Crippen LogP contribution in [0.2, 0.25) is 5.02 Å². The van der Waals surface area contributed by atoms with Crippen molar-refractivity contribution in [1.82, 2.24) is 9.80 Å². The van der Waals surface area contributed by atoms with Crippen LogP contribution >= 0.6 is 11.6 Å². The summed E-state index contributed by atoms with van der Waals surface area (Å²) in [6.07, 6.45) is 0.928. The van der Waals surface area contributed by atoms with Crippen molar-refractivity contribution < 1.29 is 23.8 Å². The average Bonchev–Trinajstić information content (AvgIpc) is 3.05. The van der Waals surface area contributed by atoms with Gasteiger partial charge in [0.1, 0.15) is 17.0 Å². The van der Waals surface area contributed by atoms with E-state index in [4.69, 9.17) is 16.3 Å². The molecule has 9 heteroatoms. The highest BCUT2D eigenvalue weighted by Gasteiger charge is 2.50. The highest BCUT2D eigenvalue weighted by atomic mass is 35.5. The van der Waals surface area contributed by atoms with Gasteiger partial charge in [0.15, 0.2) is 0 Å². The molecule has 0 aliphatic carbocycles. The number of carbonyl (C=O) groups is 2. The summed E-state index contributed by atoms with van der Waals surface area (Å²) in [6.45, 7) is 4.55. The predicted molar refractivity (Wildman–Crippen MR) is 124 cm³/mol. The van der Waals surface area contributed by atoms with E-state index in [9.17, 15) is 14.7 Å². The number of benzene rings is 2. The quantitative estimate of drug-likeness (QED) is 0.638. The van der Waals surface area contributed by atoms with Crippen molar-refractivity contribution in [3.63, 3.8) is 0 Å². The molecule has 33 heavy (non-hydrogen) atoms. The van der Waals surface area contributed by atoms with Gasteiger partial charge in [0.05, 0.1) is 17.7 Å². The van der Waals surface area contributed by atoms with E-state index < -0.39 is 23.1 Å². The van der Waals surface area contributed by atoms with E-state index in [0.29, 0.717) is 34.9 Å². The van der Waals surface area contributed by atoms with Crippen molar-refractivity contribution in [2.75, 3.05) is 52.2 Å². The largest absolute Gasteiger partial charge is 0.495 e. The summed E-state index contributed by atoms with van der Waals surface area (Å²) in [4.78, 5) is 29.7. The number of nitrogens with one attached hydrogen (secondary N) is 1. The van der Waals surface area contributed by atoms with Crippen LogP contribution in [0, 0.1) is 5.82 Å². The maximum Gasteiger partial charge on any atom is 0.335 e. The standard InChI is InChI=1S/C24H27ClFN3O4/c1-28-8-10-29(11-9-28)7-3-6-24(16-12-15(22(30)31)4-5-19(16)26)17-13-18(25)21(33-2)14-20(17)27-23(24)32/h4-5,12-14H,3,6-11H2,1-2H3,(H,27,32)(H,30,31). The minimum atomic E-state index is -1.40. The zero-order chi connectivity index (χ0) is 23.8. The van der Waals surface area contributed by atoms with Crippen molar-refractivity contribution in [3.8, 4) is 5.75 Å². The van der Waals surface area contributed by atoms with E-state index in [-0.39, 0.29) is 11.1 Å². The van der Waals surface area contributed by atoms with Crippen LogP contribution in [0.15, 0.2) is 30.3 Å². The molecule has 0 spiro atoms. The maximum absolute atomic E-state index is 15.2. The number of ether oxygens (including phenoxy) is 1. The molecule has 176 valence electrons. The number of hydrogen-bond donors (Lipinski definition) is 2. The third-order valence-electron chi connectivity index (χ3n) is 6.68. The Hall–Kier alpha value is -2.68. The van der Waals surface area contributed by atoms with Gasteiger partial charge in [-0.25, -0.2) is 9.18 Å². The van der Waals surface area contributed by atoms with Gasteiger partial charge in [0.25, 0.3) is 0 Å². The van der Waals surface area contributed by atoms with Crippen LogP contribution in [0.4, 0.5) is 10.1 Å². The molecule has 0 radical (unpaired) electrons. The van der Waals surface area contributed by atoms with E-state index in [0.717, 1.165) is 38.8 Å². The molecule has 0 aromatic heterocycles. The summed E-state index contributed by atoms with van der Waals surface area (Å²) in [5.74, 6) is -1.82. The summed E-state index contributed by atoms with van der Waals surface area (Å²) in [6, 6.07) is 6.82. The number of piperazine rings is 1. The smallest absolute Gasteiger partial charge is 0.335 e. The van der Waals surface area contributed by atoms with Gasteiger partial charge in [-0.2, -0.15) is 0 Å². The molecule has 1 fully saturated rings. The van der Waals surface area contributed by atoms with Crippen molar-refractivity contribution in [1.29, 1.82) is 0 Å². The van der Waals surface area contributed by atoms with Gasteiger partial charge >= 0.3 is 5.97 Å². The Kier molecular flexibility index (Phi) is 6.61. The molecular weight excluding hydrogens is 449 g/mol. The van der Waals surface area contributed by atoms with E-state index in [1.54, 1.807) is 12.1 Å².